The summed E-state index contributed by atoms with van der Waals surface area (Å²) in [6, 6.07) is 5.48. The first kappa shape index (κ1) is 24.4. The van der Waals surface area contributed by atoms with Gasteiger partial charge in [-0.25, -0.2) is 0 Å². The second-order valence-electron chi connectivity index (χ2n) is 10.4. The van der Waals surface area contributed by atoms with Gasteiger partial charge in [-0.2, -0.15) is 18.4 Å². The van der Waals surface area contributed by atoms with E-state index in [0.717, 1.165) is 31.7 Å². The van der Waals surface area contributed by atoms with Crippen LogP contribution in [0.25, 0.3) is 0 Å². The summed E-state index contributed by atoms with van der Waals surface area (Å²) in [5.41, 5.74) is -1.12. The number of likely N-dealkylation sites (tertiary alicyclic amines) is 1. The maximum absolute atomic E-state index is 13.4. The molecule has 0 aromatic heterocycles. The molecule has 1 aliphatic carbocycles. The Kier molecular flexibility index (Phi) is 6.30. The molecule has 1 saturated carbocycles. The summed E-state index contributed by atoms with van der Waals surface area (Å²) in [4.78, 5) is 31.3. The van der Waals surface area contributed by atoms with E-state index in [1.807, 2.05) is 16.7 Å². The maximum atomic E-state index is 13.4. The predicted octanol–water partition coefficient (Wildman–Crippen LogP) is 3.76. The largest absolute Gasteiger partial charge is 0.417 e. The van der Waals surface area contributed by atoms with Crippen molar-refractivity contribution in [3.05, 3.63) is 29.3 Å². The van der Waals surface area contributed by atoms with Crippen LogP contribution in [0.5, 0.6) is 0 Å². The normalized spacial score (nSPS) is 24.6. The van der Waals surface area contributed by atoms with E-state index in [2.05, 4.69) is 0 Å². The fourth-order valence-corrected chi connectivity index (χ4v) is 5.50. The van der Waals surface area contributed by atoms with Gasteiger partial charge >= 0.3 is 6.18 Å². The molecule has 3 aliphatic rings. The maximum Gasteiger partial charge on any atom is 0.417 e. The first-order chi connectivity index (χ1) is 15.9. The van der Waals surface area contributed by atoms with Gasteiger partial charge in [0.1, 0.15) is 0 Å². The number of rotatable bonds is 4. The summed E-state index contributed by atoms with van der Waals surface area (Å²) >= 11 is 0. The minimum absolute atomic E-state index is 0.0330. The van der Waals surface area contributed by atoms with Gasteiger partial charge < -0.3 is 14.7 Å². The van der Waals surface area contributed by atoms with Gasteiger partial charge in [0, 0.05) is 51.4 Å². The van der Waals surface area contributed by atoms with Gasteiger partial charge in [0.2, 0.25) is 11.8 Å². The van der Waals surface area contributed by atoms with Crippen LogP contribution in [0.3, 0.4) is 0 Å². The van der Waals surface area contributed by atoms with Crippen molar-refractivity contribution in [1.29, 1.82) is 5.26 Å². The minimum atomic E-state index is -4.59. The summed E-state index contributed by atoms with van der Waals surface area (Å²) in [5, 5.41) is 9.04. The number of nitrogens with zero attached hydrogens (tertiary/aromatic N) is 4. The fourth-order valence-electron chi connectivity index (χ4n) is 5.50. The average molecular weight is 477 g/mol. The quantitative estimate of drug-likeness (QED) is 0.664. The van der Waals surface area contributed by atoms with Crippen LogP contribution >= 0.6 is 0 Å². The van der Waals surface area contributed by atoms with Crippen LogP contribution in [-0.4, -0.2) is 61.9 Å². The number of benzene rings is 1. The zero-order chi connectivity index (χ0) is 24.8. The van der Waals surface area contributed by atoms with Gasteiger partial charge in [-0.05, 0) is 55.7 Å². The predicted molar refractivity (Wildman–Crippen MR) is 121 cm³/mol. The van der Waals surface area contributed by atoms with Crippen LogP contribution in [0.4, 0.5) is 18.9 Å². The standard InChI is InChI=1S/C25H31F3N4O2/c1-24(8-9-24)23(34)32-14-19(20(15-32)22(33)30(2)3)16-6-10-31(11-7-16)18-5-4-17(13-29)21(12-18)25(26,27)28/h4-5,12,16,19-20H,6-11,14-15H2,1-3H3/t19-,20+/m0/s1. The van der Waals surface area contributed by atoms with Crippen molar-refractivity contribution in [2.24, 2.45) is 23.2 Å². The molecule has 2 saturated heterocycles. The number of hydrogen-bond donors (Lipinski definition) is 0. The van der Waals surface area contributed by atoms with Crippen LogP contribution in [-0.2, 0) is 15.8 Å². The van der Waals surface area contributed by atoms with Crippen LogP contribution in [0.2, 0.25) is 0 Å². The van der Waals surface area contributed by atoms with Crippen molar-refractivity contribution >= 4 is 17.5 Å². The van der Waals surface area contributed by atoms with E-state index >= 15 is 0 Å². The first-order valence-corrected chi connectivity index (χ1v) is 11.8. The van der Waals surface area contributed by atoms with Crippen molar-refractivity contribution in [1.82, 2.24) is 9.80 Å². The number of hydrogen-bond acceptors (Lipinski definition) is 4. The van der Waals surface area contributed by atoms with E-state index in [1.165, 1.54) is 6.07 Å². The third-order valence-electron chi connectivity index (χ3n) is 7.87. The highest BCUT2D eigenvalue weighted by Crippen LogP contribution is 2.48. The molecular formula is C25H31F3N4O2. The van der Waals surface area contributed by atoms with Crippen LogP contribution in [0.15, 0.2) is 18.2 Å². The molecule has 0 unspecified atom stereocenters. The lowest BCUT2D eigenvalue weighted by atomic mass is 9.78. The molecule has 1 aromatic carbocycles. The zero-order valence-electron chi connectivity index (χ0n) is 19.9. The van der Waals surface area contributed by atoms with Crippen LogP contribution < -0.4 is 4.90 Å². The third kappa shape index (κ3) is 4.59. The Morgan fingerprint density at radius 1 is 1.15 bits per heavy atom. The molecule has 6 nitrogen and oxygen atoms in total. The lowest BCUT2D eigenvalue weighted by molar-refractivity contribution is -0.138. The monoisotopic (exact) mass is 476 g/mol. The number of halogens is 3. The van der Waals surface area contributed by atoms with E-state index in [4.69, 9.17) is 5.26 Å². The van der Waals surface area contributed by atoms with Gasteiger partial charge in [0.15, 0.2) is 0 Å². The Bertz CT molecular complexity index is 1000. The van der Waals surface area contributed by atoms with Gasteiger partial charge in [-0.3, -0.25) is 9.59 Å². The molecule has 184 valence electrons. The van der Waals surface area contributed by atoms with Crippen LogP contribution in [0, 0.1) is 34.5 Å². The highest BCUT2D eigenvalue weighted by atomic mass is 19.4. The highest BCUT2D eigenvalue weighted by Gasteiger charge is 2.52. The second-order valence-corrected chi connectivity index (χ2v) is 10.4. The number of amides is 2. The number of anilines is 1. The topological polar surface area (TPSA) is 67.7 Å². The number of piperidine rings is 1. The van der Waals surface area contributed by atoms with E-state index in [0.29, 0.717) is 31.9 Å². The molecule has 0 radical (unpaired) electrons. The van der Waals surface area contributed by atoms with Gasteiger partial charge in [-0.15, -0.1) is 0 Å². The first-order valence-electron chi connectivity index (χ1n) is 11.8. The number of carbonyl (C=O) groups excluding carboxylic acids is 2. The molecule has 9 heteroatoms. The summed E-state index contributed by atoms with van der Waals surface area (Å²) in [7, 11) is 3.47. The Morgan fingerprint density at radius 2 is 1.79 bits per heavy atom. The molecule has 2 atom stereocenters. The highest BCUT2D eigenvalue weighted by molar-refractivity contribution is 5.87. The van der Waals surface area contributed by atoms with Crippen molar-refractivity contribution in [2.75, 3.05) is 45.2 Å². The Balaban J connectivity index is 1.47. The SMILES string of the molecule is CN(C)C(=O)[C@@H]1CN(C(=O)C2(C)CC2)C[C@H]1C1CCN(c2ccc(C#N)c(C(F)(F)F)c2)CC1. The Hall–Kier alpha value is -2.76. The molecule has 4 rings (SSSR count). The zero-order valence-corrected chi connectivity index (χ0v) is 19.9. The molecule has 0 spiro atoms. The Morgan fingerprint density at radius 3 is 2.32 bits per heavy atom. The van der Waals surface area contributed by atoms with E-state index in [-0.39, 0.29) is 40.5 Å². The minimum Gasteiger partial charge on any atom is -0.372 e. The molecule has 34 heavy (non-hydrogen) atoms. The molecule has 0 N–H and O–H groups in total. The smallest absolute Gasteiger partial charge is 0.372 e. The summed E-state index contributed by atoms with van der Waals surface area (Å²) in [6.45, 7) is 4.13. The fraction of sp³-hybridized carbons (Fsp3) is 0.640. The molecule has 1 aromatic rings. The number of nitriles is 1. The average Bonchev–Trinajstić information content (AvgIpc) is 3.41. The molecule has 2 heterocycles. The van der Waals surface area contributed by atoms with Crippen molar-refractivity contribution in [3.63, 3.8) is 0 Å². The van der Waals surface area contributed by atoms with E-state index < -0.39 is 11.7 Å². The lowest BCUT2D eigenvalue weighted by Gasteiger charge is -2.38. The van der Waals surface area contributed by atoms with Gasteiger partial charge in [0.25, 0.3) is 0 Å². The molecule has 3 fully saturated rings. The third-order valence-corrected chi connectivity index (χ3v) is 7.87. The van der Waals surface area contributed by atoms with Crippen LogP contribution in [0.1, 0.15) is 43.7 Å². The number of alkyl halides is 3. The summed E-state index contributed by atoms with van der Waals surface area (Å²) in [5.74, 6) is 0.196. The molecule has 0 bridgehead atoms. The number of carbonyl (C=O) groups is 2. The van der Waals surface area contributed by atoms with Crippen molar-refractivity contribution in [3.8, 4) is 6.07 Å². The summed E-state index contributed by atoms with van der Waals surface area (Å²) in [6.07, 6.45) is -1.33. The van der Waals surface area contributed by atoms with Crippen molar-refractivity contribution in [2.45, 2.75) is 38.8 Å². The molecular weight excluding hydrogens is 445 g/mol. The van der Waals surface area contributed by atoms with Crippen molar-refractivity contribution < 1.29 is 22.8 Å². The van der Waals surface area contributed by atoms with E-state index in [9.17, 15) is 22.8 Å². The summed E-state index contributed by atoms with van der Waals surface area (Å²) < 4.78 is 40.2. The van der Waals surface area contributed by atoms with Gasteiger partial charge in [-0.1, -0.05) is 6.92 Å². The van der Waals surface area contributed by atoms with Gasteiger partial charge in [0.05, 0.1) is 23.1 Å². The molecule has 2 aliphatic heterocycles. The molecule has 2 amide bonds. The second kappa shape index (κ2) is 8.79. The Labute approximate surface area is 198 Å². The van der Waals surface area contributed by atoms with E-state index in [1.54, 1.807) is 31.1 Å². The lowest BCUT2D eigenvalue weighted by Crippen LogP contribution is -2.41.